The first kappa shape index (κ1) is 16.2. The predicted molar refractivity (Wildman–Crippen MR) is 82.1 cm³/mol. The van der Waals surface area contributed by atoms with Crippen LogP contribution < -0.4 is 16.0 Å². The summed E-state index contributed by atoms with van der Waals surface area (Å²) < 4.78 is 17.0. The van der Waals surface area contributed by atoms with Crippen LogP contribution >= 0.6 is 0 Å². The van der Waals surface area contributed by atoms with Crippen molar-refractivity contribution >= 4 is 0 Å². The summed E-state index contributed by atoms with van der Waals surface area (Å²) in [6.45, 7) is 5.42. The average molecular weight is 294 g/mol. The fraction of sp³-hybridized carbons (Fsp3) is 0.625. The lowest BCUT2D eigenvalue weighted by atomic mass is 9.82. The van der Waals surface area contributed by atoms with Gasteiger partial charge in [-0.05, 0) is 31.5 Å². The maximum absolute atomic E-state index is 5.83. The largest absolute Gasteiger partial charge is 0.491 e. The van der Waals surface area contributed by atoms with Crippen LogP contribution in [0.25, 0.3) is 0 Å². The predicted octanol–water partition coefficient (Wildman–Crippen LogP) is 2.17. The van der Waals surface area contributed by atoms with E-state index in [9.17, 15) is 0 Å². The molecular formula is C16H26N2O3. The highest BCUT2D eigenvalue weighted by molar-refractivity contribution is 5.31. The second-order valence-corrected chi connectivity index (χ2v) is 5.72. The van der Waals surface area contributed by atoms with Crippen molar-refractivity contribution in [3.8, 4) is 5.75 Å². The number of nitrogens with two attached hydrogens (primary N) is 1. The summed E-state index contributed by atoms with van der Waals surface area (Å²) in [5.41, 5.74) is 3.69. The summed E-state index contributed by atoms with van der Waals surface area (Å²) in [7, 11) is 1.74. The van der Waals surface area contributed by atoms with Crippen molar-refractivity contribution in [1.29, 1.82) is 0 Å². The molecule has 0 bridgehead atoms. The Morgan fingerprint density at radius 1 is 1.19 bits per heavy atom. The zero-order chi connectivity index (χ0) is 15.3. The van der Waals surface area contributed by atoms with Gasteiger partial charge in [0.15, 0.2) is 0 Å². The van der Waals surface area contributed by atoms with Gasteiger partial charge in [0, 0.05) is 33.2 Å². The molecule has 1 saturated heterocycles. The van der Waals surface area contributed by atoms with Gasteiger partial charge in [0.25, 0.3) is 0 Å². The number of hydrazine groups is 1. The Labute approximate surface area is 126 Å². The highest BCUT2D eigenvalue weighted by atomic mass is 16.5. The van der Waals surface area contributed by atoms with E-state index in [2.05, 4.69) is 5.43 Å². The Bertz CT molecular complexity index is 428. The van der Waals surface area contributed by atoms with Crippen molar-refractivity contribution in [1.82, 2.24) is 5.43 Å². The lowest BCUT2D eigenvalue weighted by molar-refractivity contribution is -0.111. The molecule has 118 valence electrons. The van der Waals surface area contributed by atoms with E-state index in [1.165, 1.54) is 0 Å². The minimum atomic E-state index is -0.326. The SMILES string of the molecule is COC1(C(NN)c2ccc(OC(C)C)cc2)CCOCC1. The lowest BCUT2D eigenvalue weighted by Crippen LogP contribution is -2.51. The number of benzene rings is 1. The Morgan fingerprint density at radius 2 is 1.81 bits per heavy atom. The summed E-state index contributed by atoms with van der Waals surface area (Å²) in [6, 6.07) is 7.96. The van der Waals surface area contributed by atoms with E-state index in [4.69, 9.17) is 20.1 Å². The first-order chi connectivity index (χ1) is 10.1. The van der Waals surface area contributed by atoms with Crippen molar-refractivity contribution in [2.24, 2.45) is 5.84 Å². The van der Waals surface area contributed by atoms with E-state index >= 15 is 0 Å². The topological polar surface area (TPSA) is 65.7 Å². The molecule has 0 radical (unpaired) electrons. The van der Waals surface area contributed by atoms with Crippen LogP contribution in [0.3, 0.4) is 0 Å². The van der Waals surface area contributed by atoms with Gasteiger partial charge < -0.3 is 14.2 Å². The van der Waals surface area contributed by atoms with Crippen LogP contribution in [0.15, 0.2) is 24.3 Å². The highest BCUT2D eigenvalue weighted by Gasteiger charge is 2.41. The molecule has 0 aromatic heterocycles. The minimum Gasteiger partial charge on any atom is -0.491 e. The standard InChI is InChI=1S/C16H26N2O3/c1-12(2)21-14-6-4-13(5-7-14)15(18-17)16(19-3)8-10-20-11-9-16/h4-7,12,15,18H,8-11,17H2,1-3H3. The summed E-state index contributed by atoms with van der Waals surface area (Å²) in [6.07, 6.45) is 1.81. The molecule has 0 amide bonds. The number of nitrogens with one attached hydrogen (secondary N) is 1. The van der Waals surface area contributed by atoms with Crippen LogP contribution in [0, 0.1) is 0 Å². The van der Waals surface area contributed by atoms with Crippen LogP contribution in [-0.4, -0.2) is 32.0 Å². The number of ether oxygens (including phenoxy) is 3. The second kappa shape index (κ2) is 7.22. The summed E-state index contributed by atoms with van der Waals surface area (Å²) in [5, 5.41) is 0. The van der Waals surface area contributed by atoms with E-state index in [1.807, 2.05) is 38.1 Å². The van der Waals surface area contributed by atoms with Crippen LogP contribution in [0.4, 0.5) is 0 Å². The molecular weight excluding hydrogens is 268 g/mol. The van der Waals surface area contributed by atoms with E-state index in [-0.39, 0.29) is 17.7 Å². The van der Waals surface area contributed by atoms with Gasteiger partial charge in [0.1, 0.15) is 5.75 Å². The van der Waals surface area contributed by atoms with E-state index in [0.717, 1.165) is 24.2 Å². The molecule has 1 fully saturated rings. The van der Waals surface area contributed by atoms with Crippen molar-refractivity contribution < 1.29 is 14.2 Å². The Balaban J connectivity index is 2.19. The third-order valence-corrected chi connectivity index (χ3v) is 4.02. The molecule has 21 heavy (non-hydrogen) atoms. The van der Waals surface area contributed by atoms with Crippen molar-refractivity contribution in [3.63, 3.8) is 0 Å². The first-order valence-corrected chi connectivity index (χ1v) is 7.47. The van der Waals surface area contributed by atoms with Gasteiger partial charge in [0.05, 0.1) is 17.7 Å². The molecule has 0 aliphatic carbocycles. The molecule has 1 unspecified atom stereocenters. The Morgan fingerprint density at radius 3 is 2.29 bits per heavy atom. The van der Waals surface area contributed by atoms with Gasteiger partial charge in [-0.2, -0.15) is 0 Å². The van der Waals surface area contributed by atoms with Crippen molar-refractivity contribution in [3.05, 3.63) is 29.8 Å². The lowest BCUT2D eigenvalue weighted by Gasteiger charge is -2.42. The molecule has 2 rings (SSSR count). The molecule has 1 atom stereocenters. The van der Waals surface area contributed by atoms with Gasteiger partial charge in [-0.3, -0.25) is 11.3 Å². The summed E-state index contributed by atoms with van der Waals surface area (Å²) >= 11 is 0. The summed E-state index contributed by atoms with van der Waals surface area (Å²) in [5.74, 6) is 6.68. The quantitative estimate of drug-likeness (QED) is 0.622. The molecule has 0 spiro atoms. The highest BCUT2D eigenvalue weighted by Crippen LogP contribution is 2.37. The molecule has 3 N–H and O–H groups in total. The zero-order valence-corrected chi connectivity index (χ0v) is 13.1. The normalized spacial score (nSPS) is 19.5. The molecule has 0 saturated carbocycles. The van der Waals surface area contributed by atoms with Gasteiger partial charge in [0.2, 0.25) is 0 Å². The van der Waals surface area contributed by atoms with Crippen molar-refractivity contribution in [2.45, 2.75) is 44.4 Å². The van der Waals surface area contributed by atoms with Crippen LogP contribution in [0.1, 0.15) is 38.3 Å². The average Bonchev–Trinajstić information content (AvgIpc) is 2.50. The molecule has 1 aliphatic rings. The minimum absolute atomic E-state index is 0.0699. The van der Waals surface area contributed by atoms with Gasteiger partial charge >= 0.3 is 0 Å². The van der Waals surface area contributed by atoms with Gasteiger partial charge in [-0.15, -0.1) is 0 Å². The molecule has 1 heterocycles. The van der Waals surface area contributed by atoms with Gasteiger partial charge in [-0.1, -0.05) is 12.1 Å². The first-order valence-electron chi connectivity index (χ1n) is 7.47. The maximum atomic E-state index is 5.83. The zero-order valence-electron chi connectivity index (χ0n) is 13.1. The molecule has 1 aliphatic heterocycles. The summed E-state index contributed by atoms with van der Waals surface area (Å²) in [4.78, 5) is 0. The van der Waals surface area contributed by atoms with Crippen LogP contribution in [0.2, 0.25) is 0 Å². The van der Waals surface area contributed by atoms with E-state index < -0.39 is 0 Å². The number of methoxy groups -OCH3 is 1. The van der Waals surface area contributed by atoms with E-state index in [0.29, 0.717) is 13.2 Å². The Hall–Kier alpha value is -1.14. The smallest absolute Gasteiger partial charge is 0.119 e. The monoisotopic (exact) mass is 294 g/mol. The molecule has 1 aromatic rings. The second-order valence-electron chi connectivity index (χ2n) is 5.72. The van der Waals surface area contributed by atoms with Gasteiger partial charge in [-0.25, -0.2) is 0 Å². The van der Waals surface area contributed by atoms with Crippen LogP contribution in [0.5, 0.6) is 5.75 Å². The van der Waals surface area contributed by atoms with Crippen LogP contribution in [-0.2, 0) is 9.47 Å². The number of rotatable bonds is 6. The third-order valence-electron chi connectivity index (χ3n) is 4.02. The third kappa shape index (κ3) is 3.74. The van der Waals surface area contributed by atoms with E-state index in [1.54, 1.807) is 7.11 Å². The maximum Gasteiger partial charge on any atom is 0.119 e. The molecule has 1 aromatic carbocycles. The molecule has 5 nitrogen and oxygen atoms in total. The molecule has 5 heteroatoms. The number of hydrogen-bond donors (Lipinski definition) is 2. The fourth-order valence-electron chi connectivity index (χ4n) is 2.89. The Kier molecular flexibility index (Phi) is 5.58. The number of hydrogen-bond acceptors (Lipinski definition) is 5. The van der Waals surface area contributed by atoms with Crippen molar-refractivity contribution in [2.75, 3.05) is 20.3 Å². The fourth-order valence-corrected chi connectivity index (χ4v) is 2.89.